The highest BCUT2D eigenvalue weighted by molar-refractivity contribution is 7.91. The van der Waals surface area contributed by atoms with E-state index >= 15 is 0 Å². The van der Waals surface area contributed by atoms with Gasteiger partial charge in [-0.2, -0.15) is 0 Å². The van der Waals surface area contributed by atoms with Crippen molar-refractivity contribution in [1.82, 2.24) is 4.90 Å². The normalized spacial score (nSPS) is 26.8. The minimum absolute atomic E-state index is 0.0825. The maximum Gasteiger partial charge on any atom is 0.150 e. The molecule has 0 aromatic heterocycles. The van der Waals surface area contributed by atoms with Gasteiger partial charge in [-0.1, -0.05) is 20.3 Å². The summed E-state index contributed by atoms with van der Waals surface area (Å²) in [6, 6.07) is 0. The molecule has 4 nitrogen and oxygen atoms in total. The Kier molecular flexibility index (Phi) is 6.05. The van der Waals surface area contributed by atoms with Gasteiger partial charge in [0.15, 0.2) is 0 Å². The minimum Gasteiger partial charge on any atom is -0.391 e. The van der Waals surface area contributed by atoms with E-state index in [9.17, 15) is 13.5 Å². The van der Waals surface area contributed by atoms with Crippen molar-refractivity contribution in [3.8, 4) is 0 Å². The molecule has 0 radical (unpaired) electrons. The largest absolute Gasteiger partial charge is 0.391 e. The van der Waals surface area contributed by atoms with Gasteiger partial charge in [0, 0.05) is 11.8 Å². The van der Waals surface area contributed by atoms with Gasteiger partial charge in [0.05, 0.1) is 11.4 Å². The van der Waals surface area contributed by atoms with Gasteiger partial charge in [0.25, 0.3) is 0 Å². The highest BCUT2D eigenvalue weighted by Crippen LogP contribution is 2.35. The van der Waals surface area contributed by atoms with Crippen LogP contribution in [0.25, 0.3) is 0 Å². The predicted molar refractivity (Wildman–Crippen MR) is 83.6 cm³/mol. The van der Waals surface area contributed by atoms with Crippen molar-refractivity contribution in [2.24, 2.45) is 5.92 Å². The molecule has 3 atom stereocenters. The molecule has 1 saturated carbocycles. The molecule has 0 amide bonds. The van der Waals surface area contributed by atoms with Gasteiger partial charge in [-0.05, 0) is 52.1 Å². The average Bonchev–Trinajstić information content (AvgIpc) is 2.38. The number of aliphatic hydroxyl groups is 1. The summed E-state index contributed by atoms with van der Waals surface area (Å²) in [6.07, 6.45) is 4.01. The Bertz CT molecular complexity index is 401. The van der Waals surface area contributed by atoms with Gasteiger partial charge < -0.3 is 5.11 Å². The van der Waals surface area contributed by atoms with Crippen LogP contribution in [0, 0.1) is 5.92 Å². The summed E-state index contributed by atoms with van der Waals surface area (Å²) in [5, 5.41) is 10.5. The first-order chi connectivity index (χ1) is 9.14. The number of hydrogen-bond acceptors (Lipinski definition) is 4. The molecule has 3 unspecified atom stereocenters. The van der Waals surface area contributed by atoms with Gasteiger partial charge in [0.2, 0.25) is 0 Å². The molecule has 1 N–H and O–H groups in total. The summed E-state index contributed by atoms with van der Waals surface area (Å²) in [5.74, 6) is 0.0825. The Morgan fingerprint density at radius 2 is 1.80 bits per heavy atom. The van der Waals surface area contributed by atoms with E-state index in [2.05, 4.69) is 32.6 Å². The second-order valence-corrected chi connectivity index (χ2v) is 8.97. The molecule has 0 aliphatic heterocycles. The van der Waals surface area contributed by atoms with Crippen molar-refractivity contribution >= 4 is 9.84 Å². The summed E-state index contributed by atoms with van der Waals surface area (Å²) in [6.45, 7) is 10.1. The second-order valence-electron chi connectivity index (χ2n) is 6.65. The number of aliphatic hydroxyl groups excluding tert-OH is 1. The number of rotatable bonds is 6. The Morgan fingerprint density at radius 3 is 2.25 bits per heavy atom. The maximum absolute atomic E-state index is 11.8. The molecule has 0 saturated heterocycles. The van der Waals surface area contributed by atoms with Gasteiger partial charge in [-0.3, -0.25) is 4.90 Å². The summed E-state index contributed by atoms with van der Waals surface area (Å²) in [7, 11) is -2.99. The van der Waals surface area contributed by atoms with Crippen LogP contribution in [0.3, 0.4) is 0 Å². The molecule has 1 aliphatic carbocycles. The second kappa shape index (κ2) is 6.75. The third-order valence-corrected chi connectivity index (χ3v) is 6.66. The van der Waals surface area contributed by atoms with E-state index in [4.69, 9.17) is 0 Å². The van der Waals surface area contributed by atoms with E-state index in [0.29, 0.717) is 6.42 Å². The summed E-state index contributed by atoms with van der Waals surface area (Å²) in [5.41, 5.74) is -0.312. The minimum atomic E-state index is -2.99. The van der Waals surface area contributed by atoms with E-state index in [-0.39, 0.29) is 16.7 Å². The standard InChI is InChI=1S/C15H31NO3S/c1-6-16(7-2)15(3,4)14(17)12-9-8-10-13(11-12)20(5,18)19/h12-14,17H,6-11H2,1-5H3. The van der Waals surface area contributed by atoms with E-state index in [1.54, 1.807) is 0 Å². The molecular weight excluding hydrogens is 274 g/mol. The van der Waals surface area contributed by atoms with Gasteiger partial charge >= 0.3 is 0 Å². The van der Waals surface area contributed by atoms with Crippen LogP contribution in [0.2, 0.25) is 0 Å². The fourth-order valence-corrected chi connectivity index (χ4v) is 4.85. The number of likely N-dealkylation sites (N-methyl/N-ethyl adjacent to an activating group) is 1. The monoisotopic (exact) mass is 305 g/mol. The lowest BCUT2D eigenvalue weighted by molar-refractivity contribution is -0.0465. The van der Waals surface area contributed by atoms with E-state index in [1.807, 2.05) is 0 Å². The Labute approximate surface area is 124 Å². The fraction of sp³-hybridized carbons (Fsp3) is 1.00. The third-order valence-electron chi connectivity index (χ3n) is 5.02. The van der Waals surface area contributed by atoms with Crippen LogP contribution in [0.5, 0.6) is 0 Å². The molecule has 0 aromatic rings. The van der Waals surface area contributed by atoms with Crippen LogP contribution < -0.4 is 0 Å². The molecule has 1 rings (SSSR count). The lowest BCUT2D eigenvalue weighted by Gasteiger charge is -2.45. The Balaban J connectivity index is 2.83. The zero-order valence-corrected chi connectivity index (χ0v) is 14.4. The van der Waals surface area contributed by atoms with Crippen molar-refractivity contribution < 1.29 is 13.5 Å². The van der Waals surface area contributed by atoms with Crippen LogP contribution in [0.4, 0.5) is 0 Å². The van der Waals surface area contributed by atoms with Crippen molar-refractivity contribution in [3.05, 3.63) is 0 Å². The van der Waals surface area contributed by atoms with Crippen LogP contribution in [0.1, 0.15) is 53.4 Å². The number of nitrogens with zero attached hydrogens (tertiary/aromatic N) is 1. The molecule has 120 valence electrons. The molecule has 1 fully saturated rings. The summed E-state index contributed by atoms with van der Waals surface area (Å²) < 4.78 is 23.5. The lowest BCUT2D eigenvalue weighted by atomic mass is 9.77. The SMILES string of the molecule is CCN(CC)C(C)(C)C(O)C1CCCC(S(C)(=O)=O)C1. The van der Waals surface area contributed by atoms with Crippen LogP contribution in [-0.2, 0) is 9.84 Å². The van der Waals surface area contributed by atoms with Gasteiger partial charge in [-0.15, -0.1) is 0 Å². The lowest BCUT2D eigenvalue weighted by Crippen LogP contribution is -2.55. The first-order valence-corrected chi connectivity index (χ1v) is 9.72. The van der Waals surface area contributed by atoms with E-state index in [0.717, 1.165) is 32.4 Å². The van der Waals surface area contributed by atoms with Crippen molar-refractivity contribution in [2.75, 3.05) is 19.3 Å². The smallest absolute Gasteiger partial charge is 0.150 e. The molecule has 20 heavy (non-hydrogen) atoms. The van der Waals surface area contributed by atoms with Gasteiger partial charge in [0.1, 0.15) is 9.84 Å². The third kappa shape index (κ3) is 3.95. The van der Waals surface area contributed by atoms with Crippen molar-refractivity contribution in [2.45, 2.75) is 70.3 Å². The van der Waals surface area contributed by atoms with E-state index < -0.39 is 15.9 Å². The van der Waals surface area contributed by atoms with Crippen LogP contribution >= 0.6 is 0 Å². The summed E-state index contributed by atoms with van der Waals surface area (Å²) in [4.78, 5) is 2.25. The molecule has 5 heteroatoms. The molecule has 0 spiro atoms. The first kappa shape index (κ1) is 17.9. The zero-order valence-electron chi connectivity index (χ0n) is 13.6. The number of sulfone groups is 1. The first-order valence-electron chi connectivity index (χ1n) is 7.76. The highest BCUT2D eigenvalue weighted by Gasteiger charge is 2.41. The quantitative estimate of drug-likeness (QED) is 0.816. The predicted octanol–water partition coefficient (Wildman–Crippen LogP) is 2.07. The Morgan fingerprint density at radius 1 is 1.25 bits per heavy atom. The van der Waals surface area contributed by atoms with E-state index in [1.165, 1.54) is 6.26 Å². The maximum atomic E-state index is 11.8. The Hall–Kier alpha value is -0.130. The van der Waals surface area contributed by atoms with Gasteiger partial charge in [-0.25, -0.2) is 8.42 Å². The summed E-state index contributed by atoms with van der Waals surface area (Å²) >= 11 is 0. The molecular formula is C15H31NO3S. The molecule has 1 aliphatic rings. The van der Waals surface area contributed by atoms with Crippen LogP contribution in [0.15, 0.2) is 0 Å². The fourth-order valence-electron chi connectivity index (χ4n) is 3.66. The average molecular weight is 305 g/mol. The highest BCUT2D eigenvalue weighted by atomic mass is 32.2. The van der Waals surface area contributed by atoms with Crippen molar-refractivity contribution in [3.63, 3.8) is 0 Å². The molecule has 0 heterocycles. The zero-order chi connectivity index (χ0) is 15.6. The molecule has 0 aromatic carbocycles. The number of hydrogen-bond donors (Lipinski definition) is 1. The topological polar surface area (TPSA) is 57.6 Å². The van der Waals surface area contributed by atoms with Crippen molar-refractivity contribution in [1.29, 1.82) is 0 Å². The molecule has 0 bridgehead atoms. The van der Waals surface area contributed by atoms with Crippen LogP contribution in [-0.4, -0.2) is 54.7 Å².